The van der Waals surface area contributed by atoms with Gasteiger partial charge < -0.3 is 4.74 Å². The van der Waals surface area contributed by atoms with Gasteiger partial charge in [0.2, 0.25) is 0 Å². The number of thiazole rings is 1. The summed E-state index contributed by atoms with van der Waals surface area (Å²) < 4.78 is 6.28. The Morgan fingerprint density at radius 2 is 2.04 bits per heavy atom. The van der Waals surface area contributed by atoms with Crippen molar-refractivity contribution in [2.75, 3.05) is 11.9 Å². The van der Waals surface area contributed by atoms with E-state index in [2.05, 4.69) is 26.2 Å². The fraction of sp³-hybridized carbons (Fsp3) is 0.0588. The van der Waals surface area contributed by atoms with E-state index in [9.17, 15) is 14.9 Å². The zero-order valence-electron chi connectivity index (χ0n) is 13.2. The third kappa shape index (κ3) is 4.64. The van der Waals surface area contributed by atoms with Crippen molar-refractivity contribution in [3.63, 3.8) is 0 Å². The molecule has 0 aliphatic carbocycles. The number of non-ortho nitro benzene ring substituents is 1. The highest BCUT2D eigenvalue weighted by atomic mass is 79.9. The number of nitro groups is 1. The molecule has 3 rings (SSSR count). The van der Waals surface area contributed by atoms with Crippen molar-refractivity contribution in [2.24, 2.45) is 0 Å². The number of rotatable bonds is 6. The number of halogens is 1. The van der Waals surface area contributed by atoms with Crippen molar-refractivity contribution >= 4 is 44.0 Å². The van der Waals surface area contributed by atoms with Crippen molar-refractivity contribution in [3.8, 4) is 17.0 Å². The van der Waals surface area contributed by atoms with Gasteiger partial charge >= 0.3 is 0 Å². The summed E-state index contributed by atoms with van der Waals surface area (Å²) in [6.07, 6.45) is 0. The van der Waals surface area contributed by atoms with Gasteiger partial charge in [-0.05, 0) is 30.3 Å². The van der Waals surface area contributed by atoms with Gasteiger partial charge in [0.25, 0.3) is 11.6 Å². The standard InChI is InChI=1S/C17H12BrN3O4S/c18-12-2-1-3-14(8-12)25-9-16(22)20-17-19-15(10-26-17)11-4-6-13(7-5-11)21(23)24/h1-8,10H,9H2,(H,19,20,22). The maximum atomic E-state index is 12.0. The molecule has 1 amide bonds. The fourth-order valence-corrected chi connectivity index (χ4v) is 3.19. The summed E-state index contributed by atoms with van der Waals surface area (Å²) in [6.45, 7) is -0.136. The first-order chi connectivity index (χ1) is 12.5. The first-order valence-corrected chi connectivity index (χ1v) is 9.07. The number of hydrogen-bond acceptors (Lipinski definition) is 6. The normalized spacial score (nSPS) is 10.3. The molecule has 2 aromatic carbocycles. The summed E-state index contributed by atoms with van der Waals surface area (Å²) in [6, 6.07) is 13.3. The Kier molecular flexibility index (Phi) is 5.59. The summed E-state index contributed by atoms with van der Waals surface area (Å²) in [5, 5.41) is 15.6. The Hall–Kier alpha value is -2.78. The third-order valence-corrected chi connectivity index (χ3v) is 4.54. The number of benzene rings is 2. The molecule has 0 atom stereocenters. The molecule has 26 heavy (non-hydrogen) atoms. The van der Waals surface area contributed by atoms with Crippen molar-refractivity contribution in [1.82, 2.24) is 4.98 Å². The Balaban J connectivity index is 1.59. The molecule has 0 saturated carbocycles. The van der Waals surface area contributed by atoms with Crippen LogP contribution in [0.5, 0.6) is 5.75 Å². The van der Waals surface area contributed by atoms with E-state index in [1.165, 1.54) is 23.5 Å². The van der Waals surface area contributed by atoms with Crippen LogP contribution in [0.4, 0.5) is 10.8 Å². The molecule has 132 valence electrons. The Labute approximate surface area is 160 Å². The molecule has 0 aliphatic heterocycles. The summed E-state index contributed by atoms with van der Waals surface area (Å²) in [5.74, 6) is 0.259. The molecule has 3 aromatic rings. The number of anilines is 1. The van der Waals surface area contributed by atoms with Gasteiger partial charge in [-0.3, -0.25) is 20.2 Å². The van der Waals surface area contributed by atoms with E-state index in [1.807, 2.05) is 12.1 Å². The van der Waals surface area contributed by atoms with Crippen LogP contribution in [0, 0.1) is 10.1 Å². The maximum Gasteiger partial charge on any atom is 0.269 e. The lowest BCUT2D eigenvalue weighted by molar-refractivity contribution is -0.384. The van der Waals surface area contributed by atoms with Gasteiger partial charge in [0.1, 0.15) is 5.75 Å². The molecular weight excluding hydrogens is 422 g/mol. The van der Waals surface area contributed by atoms with Gasteiger partial charge in [-0.25, -0.2) is 4.98 Å². The van der Waals surface area contributed by atoms with E-state index >= 15 is 0 Å². The van der Waals surface area contributed by atoms with Crippen molar-refractivity contribution in [3.05, 3.63) is 68.5 Å². The van der Waals surface area contributed by atoms with Gasteiger partial charge in [-0.15, -0.1) is 11.3 Å². The van der Waals surface area contributed by atoms with E-state index in [1.54, 1.807) is 29.6 Å². The van der Waals surface area contributed by atoms with E-state index < -0.39 is 4.92 Å². The molecule has 0 saturated heterocycles. The summed E-state index contributed by atoms with van der Waals surface area (Å²) in [4.78, 5) is 26.5. The van der Waals surface area contributed by atoms with Gasteiger partial charge in [0.15, 0.2) is 11.7 Å². The van der Waals surface area contributed by atoms with Crippen molar-refractivity contribution in [1.29, 1.82) is 0 Å². The number of hydrogen-bond donors (Lipinski definition) is 1. The van der Waals surface area contributed by atoms with Crippen molar-refractivity contribution in [2.45, 2.75) is 0 Å². The lowest BCUT2D eigenvalue weighted by Gasteiger charge is -2.06. The molecule has 0 spiro atoms. The van der Waals surface area contributed by atoms with Gasteiger partial charge in [-0.2, -0.15) is 0 Å². The van der Waals surface area contributed by atoms with Crippen LogP contribution in [0.15, 0.2) is 58.4 Å². The number of aromatic nitrogens is 1. The molecule has 0 bridgehead atoms. The molecule has 9 heteroatoms. The van der Waals surface area contributed by atoms with Crippen LogP contribution < -0.4 is 10.1 Å². The van der Waals surface area contributed by atoms with E-state index in [0.29, 0.717) is 16.6 Å². The van der Waals surface area contributed by atoms with Crippen LogP contribution in [0.1, 0.15) is 0 Å². The highest BCUT2D eigenvalue weighted by Crippen LogP contribution is 2.26. The topological polar surface area (TPSA) is 94.4 Å². The molecule has 0 radical (unpaired) electrons. The average molecular weight is 434 g/mol. The Morgan fingerprint density at radius 1 is 1.27 bits per heavy atom. The van der Waals surface area contributed by atoms with Crippen LogP contribution in [-0.2, 0) is 4.79 Å². The highest BCUT2D eigenvalue weighted by molar-refractivity contribution is 9.10. The molecule has 0 unspecified atom stereocenters. The number of nitro benzene ring substituents is 1. The second-order valence-corrected chi connectivity index (χ2v) is 6.91. The summed E-state index contributed by atoms with van der Waals surface area (Å²) in [7, 11) is 0. The molecule has 1 N–H and O–H groups in total. The van der Waals surface area contributed by atoms with Crippen LogP contribution in [0.3, 0.4) is 0 Å². The number of amides is 1. The molecule has 1 heterocycles. The molecule has 0 fully saturated rings. The second kappa shape index (κ2) is 8.07. The zero-order chi connectivity index (χ0) is 18.5. The zero-order valence-corrected chi connectivity index (χ0v) is 15.6. The predicted molar refractivity (Wildman–Crippen MR) is 102 cm³/mol. The van der Waals surface area contributed by atoms with Crippen LogP contribution in [0.25, 0.3) is 11.3 Å². The quantitative estimate of drug-likeness (QED) is 0.456. The molecular formula is C17H12BrN3O4S. The predicted octanol–water partition coefficient (Wildman–Crippen LogP) is 4.50. The summed E-state index contributed by atoms with van der Waals surface area (Å²) in [5.41, 5.74) is 1.38. The fourth-order valence-electron chi connectivity index (χ4n) is 2.08. The first kappa shape index (κ1) is 18.0. The minimum atomic E-state index is -0.457. The van der Waals surface area contributed by atoms with Crippen molar-refractivity contribution < 1.29 is 14.5 Å². The van der Waals surface area contributed by atoms with Crippen LogP contribution in [-0.4, -0.2) is 22.4 Å². The van der Waals surface area contributed by atoms with Crippen LogP contribution >= 0.6 is 27.3 Å². The van der Waals surface area contributed by atoms with Gasteiger partial charge in [-0.1, -0.05) is 22.0 Å². The first-order valence-electron chi connectivity index (χ1n) is 7.40. The van der Waals surface area contributed by atoms with Gasteiger partial charge in [0, 0.05) is 27.5 Å². The molecule has 0 aliphatic rings. The molecule has 7 nitrogen and oxygen atoms in total. The SMILES string of the molecule is O=C(COc1cccc(Br)c1)Nc1nc(-c2ccc([N+](=O)[O-])cc2)cs1. The second-order valence-electron chi connectivity index (χ2n) is 5.14. The number of carbonyl (C=O) groups is 1. The minimum absolute atomic E-state index is 0.0159. The minimum Gasteiger partial charge on any atom is -0.484 e. The Bertz CT molecular complexity index is 943. The highest BCUT2D eigenvalue weighted by Gasteiger charge is 2.10. The van der Waals surface area contributed by atoms with E-state index in [4.69, 9.17) is 4.74 Å². The number of carbonyl (C=O) groups excluding carboxylic acids is 1. The lowest BCUT2D eigenvalue weighted by Crippen LogP contribution is -2.20. The summed E-state index contributed by atoms with van der Waals surface area (Å²) >= 11 is 4.60. The smallest absolute Gasteiger partial charge is 0.269 e. The number of nitrogens with zero attached hydrogens (tertiary/aromatic N) is 2. The molecule has 1 aromatic heterocycles. The number of nitrogens with one attached hydrogen (secondary N) is 1. The van der Waals surface area contributed by atoms with E-state index in [0.717, 1.165) is 10.0 Å². The number of ether oxygens (including phenoxy) is 1. The third-order valence-electron chi connectivity index (χ3n) is 3.29. The van der Waals surface area contributed by atoms with E-state index in [-0.39, 0.29) is 18.2 Å². The Morgan fingerprint density at radius 3 is 2.73 bits per heavy atom. The van der Waals surface area contributed by atoms with Crippen LogP contribution in [0.2, 0.25) is 0 Å². The largest absolute Gasteiger partial charge is 0.484 e. The maximum absolute atomic E-state index is 12.0. The van der Waals surface area contributed by atoms with Gasteiger partial charge in [0.05, 0.1) is 10.6 Å². The lowest BCUT2D eigenvalue weighted by atomic mass is 10.1. The monoisotopic (exact) mass is 433 g/mol. The average Bonchev–Trinajstić information content (AvgIpc) is 3.08.